The van der Waals surface area contributed by atoms with Gasteiger partial charge in [0.05, 0.1) is 0 Å². The number of fused-ring (bicyclic) bond motifs is 1. The summed E-state index contributed by atoms with van der Waals surface area (Å²) in [6.45, 7) is 3.34. The van der Waals surface area contributed by atoms with E-state index in [2.05, 4.69) is 15.5 Å². The molecule has 6 nitrogen and oxygen atoms in total. The van der Waals surface area contributed by atoms with Gasteiger partial charge in [0.25, 0.3) is 0 Å². The molecule has 3 rings (SSSR count). The molecule has 1 fully saturated rings. The lowest BCUT2D eigenvalue weighted by Gasteiger charge is -2.34. The maximum absolute atomic E-state index is 11.6. The predicted molar refractivity (Wildman–Crippen MR) is 81.1 cm³/mol. The number of benzene rings is 1. The van der Waals surface area contributed by atoms with E-state index in [0.29, 0.717) is 0 Å². The second-order valence-electron chi connectivity index (χ2n) is 5.70. The van der Waals surface area contributed by atoms with E-state index in [1.807, 2.05) is 18.2 Å². The summed E-state index contributed by atoms with van der Waals surface area (Å²) >= 11 is 0. The summed E-state index contributed by atoms with van der Waals surface area (Å²) in [5.41, 5.74) is 8.58. The standard InChI is InChI=1S/C15H20N4O2/c1-9(20)17-10-4-6-19(7-5-10)11-2-3-12-13(8-11)18-15(21)14(12)16/h2-3,8,10,14H,4-7,16H2,1H3,(H,17,20)(H,18,21). The molecule has 2 heterocycles. The van der Waals surface area contributed by atoms with Gasteiger partial charge in [-0.25, -0.2) is 0 Å². The largest absolute Gasteiger partial charge is 0.371 e. The number of amides is 2. The molecule has 2 aliphatic heterocycles. The zero-order valence-electron chi connectivity index (χ0n) is 12.1. The van der Waals surface area contributed by atoms with Gasteiger partial charge in [0.15, 0.2) is 0 Å². The highest BCUT2D eigenvalue weighted by atomic mass is 16.2. The van der Waals surface area contributed by atoms with Crippen molar-refractivity contribution in [2.24, 2.45) is 5.73 Å². The van der Waals surface area contributed by atoms with Crippen LogP contribution in [0.3, 0.4) is 0 Å². The van der Waals surface area contributed by atoms with E-state index in [1.165, 1.54) is 0 Å². The van der Waals surface area contributed by atoms with Crippen LogP contribution in [-0.4, -0.2) is 30.9 Å². The second-order valence-corrected chi connectivity index (χ2v) is 5.70. The molecule has 112 valence electrons. The molecular weight excluding hydrogens is 268 g/mol. The zero-order valence-corrected chi connectivity index (χ0v) is 12.1. The Morgan fingerprint density at radius 2 is 2.10 bits per heavy atom. The molecule has 2 amide bonds. The van der Waals surface area contributed by atoms with Crippen molar-refractivity contribution in [2.75, 3.05) is 23.3 Å². The number of nitrogens with two attached hydrogens (primary N) is 1. The summed E-state index contributed by atoms with van der Waals surface area (Å²) in [5.74, 6) is -0.116. The third kappa shape index (κ3) is 2.71. The molecule has 2 aliphatic rings. The number of rotatable bonds is 2. The van der Waals surface area contributed by atoms with Crippen LogP contribution in [0.25, 0.3) is 0 Å². The normalized spacial score (nSPS) is 21.9. The highest BCUT2D eigenvalue weighted by Gasteiger charge is 2.28. The minimum absolute atomic E-state index is 0.0303. The van der Waals surface area contributed by atoms with Crippen LogP contribution in [-0.2, 0) is 9.59 Å². The number of nitrogens with one attached hydrogen (secondary N) is 2. The molecule has 1 aromatic carbocycles. The van der Waals surface area contributed by atoms with Gasteiger partial charge in [0.1, 0.15) is 6.04 Å². The highest BCUT2D eigenvalue weighted by Crippen LogP contribution is 2.33. The first-order chi connectivity index (χ1) is 10.0. The Kier molecular flexibility index (Phi) is 3.55. The fraction of sp³-hybridized carbons (Fsp3) is 0.467. The molecule has 6 heteroatoms. The summed E-state index contributed by atoms with van der Waals surface area (Å²) < 4.78 is 0. The Hall–Kier alpha value is -2.08. The van der Waals surface area contributed by atoms with Crippen molar-refractivity contribution in [1.82, 2.24) is 5.32 Å². The van der Waals surface area contributed by atoms with Gasteiger partial charge in [0.2, 0.25) is 11.8 Å². The molecule has 0 bridgehead atoms. The van der Waals surface area contributed by atoms with Crippen LogP contribution in [0.4, 0.5) is 11.4 Å². The first kappa shape index (κ1) is 13.9. The van der Waals surface area contributed by atoms with Crippen molar-refractivity contribution < 1.29 is 9.59 Å². The summed E-state index contributed by atoms with van der Waals surface area (Å²) in [7, 11) is 0. The quantitative estimate of drug-likeness (QED) is 0.749. The average Bonchev–Trinajstić information content (AvgIpc) is 2.74. The molecule has 1 atom stereocenters. The van der Waals surface area contributed by atoms with Crippen molar-refractivity contribution in [2.45, 2.75) is 31.8 Å². The van der Waals surface area contributed by atoms with Crippen LogP contribution in [0.1, 0.15) is 31.4 Å². The lowest BCUT2D eigenvalue weighted by Crippen LogP contribution is -2.44. The van der Waals surface area contributed by atoms with Gasteiger partial charge < -0.3 is 21.3 Å². The molecular formula is C15H20N4O2. The topological polar surface area (TPSA) is 87.5 Å². The third-order valence-corrected chi connectivity index (χ3v) is 4.18. The molecule has 0 aromatic heterocycles. The number of hydrogen-bond donors (Lipinski definition) is 3. The molecule has 1 saturated heterocycles. The molecule has 0 spiro atoms. The summed E-state index contributed by atoms with van der Waals surface area (Å²) in [5, 5.41) is 5.78. The van der Waals surface area contributed by atoms with Gasteiger partial charge in [0, 0.05) is 43.0 Å². The van der Waals surface area contributed by atoms with Crippen LogP contribution in [0, 0.1) is 0 Å². The smallest absolute Gasteiger partial charge is 0.245 e. The van der Waals surface area contributed by atoms with Crippen molar-refractivity contribution in [3.05, 3.63) is 23.8 Å². The van der Waals surface area contributed by atoms with Gasteiger partial charge in [-0.2, -0.15) is 0 Å². The highest BCUT2D eigenvalue weighted by molar-refractivity contribution is 6.02. The van der Waals surface area contributed by atoms with E-state index in [4.69, 9.17) is 5.73 Å². The van der Waals surface area contributed by atoms with Crippen LogP contribution in [0.15, 0.2) is 18.2 Å². The van der Waals surface area contributed by atoms with E-state index in [-0.39, 0.29) is 17.9 Å². The van der Waals surface area contributed by atoms with Crippen molar-refractivity contribution in [3.8, 4) is 0 Å². The van der Waals surface area contributed by atoms with E-state index < -0.39 is 6.04 Å². The number of carbonyl (C=O) groups is 2. The van der Waals surface area contributed by atoms with E-state index in [0.717, 1.165) is 42.9 Å². The molecule has 21 heavy (non-hydrogen) atoms. The number of hydrogen-bond acceptors (Lipinski definition) is 4. The Morgan fingerprint density at radius 3 is 2.76 bits per heavy atom. The van der Waals surface area contributed by atoms with Gasteiger partial charge >= 0.3 is 0 Å². The summed E-state index contributed by atoms with van der Waals surface area (Å²) in [6, 6.07) is 5.63. The lowest BCUT2D eigenvalue weighted by molar-refractivity contribution is -0.120. The fourth-order valence-electron chi connectivity index (χ4n) is 3.04. The molecule has 1 aromatic rings. The first-order valence-corrected chi connectivity index (χ1v) is 7.27. The average molecular weight is 288 g/mol. The number of carbonyl (C=O) groups excluding carboxylic acids is 2. The summed E-state index contributed by atoms with van der Waals surface area (Å²) in [6.07, 6.45) is 1.87. The van der Waals surface area contributed by atoms with Gasteiger partial charge in [-0.15, -0.1) is 0 Å². The number of piperidine rings is 1. The van der Waals surface area contributed by atoms with Gasteiger partial charge in [-0.1, -0.05) is 6.07 Å². The maximum Gasteiger partial charge on any atom is 0.245 e. The van der Waals surface area contributed by atoms with Crippen molar-refractivity contribution >= 4 is 23.2 Å². The SMILES string of the molecule is CC(=O)NC1CCN(c2ccc3c(c2)NC(=O)C3N)CC1. The van der Waals surface area contributed by atoms with E-state index in [9.17, 15) is 9.59 Å². The second kappa shape index (κ2) is 5.37. The maximum atomic E-state index is 11.6. The molecule has 0 radical (unpaired) electrons. The van der Waals surface area contributed by atoms with E-state index >= 15 is 0 Å². The van der Waals surface area contributed by atoms with Gasteiger partial charge in [-0.05, 0) is 25.0 Å². The number of nitrogens with zero attached hydrogens (tertiary/aromatic N) is 1. The summed E-state index contributed by atoms with van der Waals surface area (Å²) in [4.78, 5) is 24.9. The van der Waals surface area contributed by atoms with Crippen LogP contribution in [0.5, 0.6) is 0 Å². The van der Waals surface area contributed by atoms with Gasteiger partial charge in [-0.3, -0.25) is 9.59 Å². The third-order valence-electron chi connectivity index (χ3n) is 4.18. The molecule has 4 N–H and O–H groups in total. The van der Waals surface area contributed by atoms with Crippen molar-refractivity contribution in [1.29, 1.82) is 0 Å². The zero-order chi connectivity index (χ0) is 15.0. The molecule has 1 unspecified atom stereocenters. The lowest BCUT2D eigenvalue weighted by atomic mass is 10.0. The Labute approximate surface area is 123 Å². The minimum Gasteiger partial charge on any atom is -0.371 e. The van der Waals surface area contributed by atoms with Crippen molar-refractivity contribution in [3.63, 3.8) is 0 Å². The number of anilines is 2. The van der Waals surface area contributed by atoms with E-state index in [1.54, 1.807) is 6.92 Å². The monoisotopic (exact) mass is 288 g/mol. The predicted octanol–water partition coefficient (Wildman–Crippen LogP) is 0.743. The molecule has 0 aliphatic carbocycles. The Morgan fingerprint density at radius 1 is 1.38 bits per heavy atom. The van der Waals surface area contributed by atoms with Crippen LogP contribution in [0.2, 0.25) is 0 Å². The fourth-order valence-corrected chi connectivity index (χ4v) is 3.04. The Bertz CT molecular complexity index is 579. The molecule has 0 saturated carbocycles. The Balaban J connectivity index is 1.68. The van der Waals surface area contributed by atoms with Crippen LogP contribution >= 0.6 is 0 Å². The minimum atomic E-state index is -0.556. The van der Waals surface area contributed by atoms with Crippen LogP contribution < -0.4 is 21.3 Å². The first-order valence-electron chi connectivity index (χ1n) is 7.27.